The molecule has 0 heterocycles. The normalized spacial score (nSPS) is 10.7. The Bertz CT molecular complexity index is 644. The van der Waals surface area contributed by atoms with Gasteiger partial charge in [-0.3, -0.25) is 4.79 Å². The van der Waals surface area contributed by atoms with Crippen molar-refractivity contribution >= 4 is 17.8 Å². The molecule has 2 aromatic rings. The first-order chi connectivity index (χ1) is 11.2. The first kappa shape index (κ1) is 16.7. The summed E-state index contributed by atoms with van der Waals surface area (Å²) in [7, 11) is 0. The molecule has 0 saturated heterocycles. The number of hydrogen-bond acceptors (Lipinski definition) is 3. The molecule has 0 saturated carbocycles. The predicted molar refractivity (Wildman–Crippen MR) is 93.8 cm³/mol. The van der Waals surface area contributed by atoms with Crippen LogP contribution in [0.3, 0.4) is 0 Å². The van der Waals surface area contributed by atoms with Gasteiger partial charge in [0.15, 0.2) is 6.61 Å². The second kappa shape index (κ2) is 8.73. The van der Waals surface area contributed by atoms with Gasteiger partial charge in [0.2, 0.25) is 0 Å². The number of para-hydroxylation sites is 1. The lowest BCUT2D eigenvalue weighted by Gasteiger charge is -2.13. The lowest BCUT2D eigenvalue weighted by molar-refractivity contribution is -0.120. The van der Waals surface area contributed by atoms with Gasteiger partial charge in [-0.1, -0.05) is 67.5 Å². The molecule has 0 bridgehead atoms. The maximum absolute atomic E-state index is 12.1. The summed E-state index contributed by atoms with van der Waals surface area (Å²) in [6.45, 7) is 4.04. The van der Waals surface area contributed by atoms with Crippen molar-refractivity contribution in [2.24, 2.45) is 5.16 Å². The Morgan fingerprint density at radius 2 is 1.70 bits per heavy atom. The number of amides is 1. The van der Waals surface area contributed by atoms with Crippen molar-refractivity contribution < 1.29 is 9.63 Å². The molecule has 2 aromatic carbocycles. The monoisotopic (exact) mass is 310 g/mol. The molecule has 120 valence electrons. The Morgan fingerprint density at radius 1 is 1.04 bits per heavy atom. The van der Waals surface area contributed by atoms with Crippen molar-refractivity contribution in [3.05, 3.63) is 65.2 Å². The van der Waals surface area contributed by atoms with E-state index in [0.29, 0.717) is 0 Å². The van der Waals surface area contributed by atoms with Gasteiger partial charge in [-0.05, 0) is 29.5 Å². The quantitative estimate of drug-likeness (QED) is 0.624. The van der Waals surface area contributed by atoms with E-state index >= 15 is 0 Å². The average Bonchev–Trinajstić information content (AvgIpc) is 2.60. The zero-order valence-corrected chi connectivity index (χ0v) is 13.6. The summed E-state index contributed by atoms with van der Waals surface area (Å²) in [6.07, 6.45) is 3.33. The van der Waals surface area contributed by atoms with Gasteiger partial charge >= 0.3 is 0 Å². The molecular formula is C19H22N2O2. The van der Waals surface area contributed by atoms with Crippen LogP contribution in [-0.2, 0) is 22.5 Å². The molecule has 0 atom stereocenters. The zero-order valence-electron chi connectivity index (χ0n) is 13.6. The van der Waals surface area contributed by atoms with Crippen molar-refractivity contribution in [3.8, 4) is 0 Å². The molecule has 0 unspecified atom stereocenters. The largest absolute Gasteiger partial charge is 0.386 e. The van der Waals surface area contributed by atoms with Crippen molar-refractivity contribution in [1.29, 1.82) is 0 Å². The maximum atomic E-state index is 12.1. The van der Waals surface area contributed by atoms with Crippen LogP contribution in [0.15, 0.2) is 53.7 Å². The minimum Gasteiger partial charge on any atom is -0.386 e. The Labute approximate surface area is 137 Å². The predicted octanol–water partition coefficient (Wildman–Crippen LogP) is 3.80. The molecule has 23 heavy (non-hydrogen) atoms. The van der Waals surface area contributed by atoms with E-state index in [-0.39, 0.29) is 12.5 Å². The third-order valence-electron chi connectivity index (χ3n) is 3.53. The van der Waals surface area contributed by atoms with E-state index in [2.05, 4.69) is 24.3 Å². The highest BCUT2D eigenvalue weighted by atomic mass is 16.6. The number of anilines is 1. The number of nitrogens with zero attached hydrogens (tertiary/aromatic N) is 1. The standard InChI is InChI=1S/C19H22N2O2/c1-3-16-11-8-12-17(4-2)19(16)21-18(22)14-23-20-13-15-9-6-5-7-10-15/h5-13H,3-4,14H2,1-2H3,(H,21,22)/b20-13+. The van der Waals surface area contributed by atoms with Crippen molar-refractivity contribution in [2.45, 2.75) is 26.7 Å². The summed E-state index contributed by atoms with van der Waals surface area (Å²) in [5.74, 6) is -0.203. The number of carbonyl (C=O) groups is 1. The minimum atomic E-state index is -0.203. The number of carbonyl (C=O) groups excluding carboxylic acids is 1. The van der Waals surface area contributed by atoms with E-state index in [9.17, 15) is 4.79 Å². The highest BCUT2D eigenvalue weighted by Gasteiger charge is 2.10. The molecule has 1 N–H and O–H groups in total. The van der Waals surface area contributed by atoms with Crippen LogP contribution >= 0.6 is 0 Å². The molecule has 0 aliphatic rings. The fraction of sp³-hybridized carbons (Fsp3) is 0.263. The highest BCUT2D eigenvalue weighted by Crippen LogP contribution is 2.22. The molecule has 0 aromatic heterocycles. The van der Waals surface area contributed by atoms with E-state index < -0.39 is 0 Å². The number of rotatable bonds is 7. The second-order valence-electron chi connectivity index (χ2n) is 5.13. The SMILES string of the molecule is CCc1cccc(CC)c1NC(=O)CO/N=C/c1ccccc1. The third kappa shape index (κ3) is 4.95. The topological polar surface area (TPSA) is 50.7 Å². The van der Waals surface area contributed by atoms with Crippen LogP contribution in [0.5, 0.6) is 0 Å². The Hall–Kier alpha value is -2.62. The van der Waals surface area contributed by atoms with Crippen LogP contribution in [0.25, 0.3) is 0 Å². The molecule has 0 aliphatic heterocycles. The van der Waals surface area contributed by atoms with E-state index in [4.69, 9.17) is 4.84 Å². The molecule has 1 amide bonds. The third-order valence-corrected chi connectivity index (χ3v) is 3.53. The molecule has 4 heteroatoms. The van der Waals surface area contributed by atoms with Crippen LogP contribution in [0.1, 0.15) is 30.5 Å². The van der Waals surface area contributed by atoms with Crippen LogP contribution in [-0.4, -0.2) is 18.7 Å². The Balaban J connectivity index is 1.91. The van der Waals surface area contributed by atoms with Crippen LogP contribution in [0.4, 0.5) is 5.69 Å². The first-order valence-electron chi connectivity index (χ1n) is 7.85. The summed E-state index contributed by atoms with van der Waals surface area (Å²) in [5, 5.41) is 6.76. The molecule has 0 radical (unpaired) electrons. The van der Waals surface area contributed by atoms with E-state index in [1.807, 2.05) is 48.5 Å². The summed E-state index contributed by atoms with van der Waals surface area (Å²) >= 11 is 0. The molecule has 0 aliphatic carbocycles. The van der Waals surface area contributed by atoms with Gasteiger partial charge < -0.3 is 10.2 Å². The molecule has 2 rings (SSSR count). The van der Waals surface area contributed by atoms with Gasteiger partial charge in [0.1, 0.15) is 0 Å². The first-order valence-corrected chi connectivity index (χ1v) is 7.85. The summed E-state index contributed by atoms with van der Waals surface area (Å²) in [5.41, 5.74) is 4.09. The van der Waals surface area contributed by atoms with Gasteiger partial charge in [0.25, 0.3) is 5.91 Å². The summed E-state index contributed by atoms with van der Waals surface area (Å²) in [6, 6.07) is 15.7. The fourth-order valence-electron chi connectivity index (χ4n) is 2.31. The summed E-state index contributed by atoms with van der Waals surface area (Å²) in [4.78, 5) is 17.1. The lowest BCUT2D eigenvalue weighted by atomic mass is 10.0. The molecule has 0 spiro atoms. The second-order valence-corrected chi connectivity index (χ2v) is 5.13. The summed E-state index contributed by atoms with van der Waals surface area (Å²) < 4.78 is 0. The zero-order chi connectivity index (χ0) is 16.5. The Kier molecular flexibility index (Phi) is 6.36. The highest BCUT2D eigenvalue weighted by molar-refractivity contribution is 5.93. The minimum absolute atomic E-state index is 0.107. The lowest BCUT2D eigenvalue weighted by Crippen LogP contribution is -2.19. The van der Waals surface area contributed by atoms with Gasteiger partial charge in [0.05, 0.1) is 6.21 Å². The number of benzene rings is 2. The van der Waals surface area contributed by atoms with Gasteiger partial charge in [-0.2, -0.15) is 0 Å². The van der Waals surface area contributed by atoms with Gasteiger partial charge in [0, 0.05) is 5.69 Å². The van der Waals surface area contributed by atoms with Crippen LogP contribution in [0, 0.1) is 0 Å². The van der Waals surface area contributed by atoms with Crippen LogP contribution in [0.2, 0.25) is 0 Å². The van der Waals surface area contributed by atoms with Gasteiger partial charge in [-0.15, -0.1) is 0 Å². The Morgan fingerprint density at radius 3 is 2.30 bits per heavy atom. The van der Waals surface area contributed by atoms with E-state index in [1.165, 1.54) is 0 Å². The number of aryl methyl sites for hydroxylation is 2. The van der Waals surface area contributed by atoms with E-state index in [0.717, 1.165) is 35.2 Å². The van der Waals surface area contributed by atoms with Crippen molar-refractivity contribution in [2.75, 3.05) is 11.9 Å². The van der Waals surface area contributed by atoms with Crippen molar-refractivity contribution in [3.63, 3.8) is 0 Å². The fourth-order valence-corrected chi connectivity index (χ4v) is 2.31. The van der Waals surface area contributed by atoms with E-state index in [1.54, 1.807) is 6.21 Å². The van der Waals surface area contributed by atoms with Crippen molar-refractivity contribution in [1.82, 2.24) is 0 Å². The van der Waals surface area contributed by atoms with Gasteiger partial charge in [-0.25, -0.2) is 0 Å². The molecule has 4 nitrogen and oxygen atoms in total. The number of nitrogens with one attached hydrogen (secondary N) is 1. The number of hydrogen-bond donors (Lipinski definition) is 1. The maximum Gasteiger partial charge on any atom is 0.265 e. The smallest absolute Gasteiger partial charge is 0.265 e. The van der Waals surface area contributed by atoms with Crippen LogP contribution < -0.4 is 5.32 Å². The molecular weight excluding hydrogens is 288 g/mol. The molecule has 0 fully saturated rings. The number of oxime groups is 1. The average molecular weight is 310 g/mol.